The number of nitrogens with two attached hydrogens (primary N) is 1. The van der Waals surface area contributed by atoms with Crippen molar-refractivity contribution in [3.05, 3.63) is 41.2 Å². The van der Waals surface area contributed by atoms with Gasteiger partial charge in [0.1, 0.15) is 4.34 Å². The van der Waals surface area contributed by atoms with Gasteiger partial charge in [-0.25, -0.2) is 10.8 Å². The average Bonchev–Trinajstić information content (AvgIpc) is 2.89. The fourth-order valence-electron chi connectivity index (χ4n) is 1.14. The van der Waals surface area contributed by atoms with E-state index in [2.05, 4.69) is 15.4 Å². The molecule has 1 amide bonds. The second-order valence-corrected chi connectivity index (χ2v) is 5.22. The zero-order valence-electron chi connectivity index (χ0n) is 8.79. The van der Waals surface area contributed by atoms with Crippen LogP contribution in [0.25, 0.3) is 0 Å². The molecular weight excluding hydrogens is 256 g/mol. The van der Waals surface area contributed by atoms with Crippen LogP contribution in [-0.2, 0) is 5.75 Å². The van der Waals surface area contributed by atoms with Crippen molar-refractivity contribution in [1.82, 2.24) is 15.4 Å². The first-order valence-corrected chi connectivity index (χ1v) is 6.64. The zero-order chi connectivity index (χ0) is 12.1. The quantitative estimate of drug-likeness (QED) is 0.379. The maximum absolute atomic E-state index is 11.2. The number of nitrogens with one attached hydrogen (secondary N) is 1. The highest BCUT2D eigenvalue weighted by Crippen LogP contribution is 2.23. The monoisotopic (exact) mass is 266 g/mol. The predicted molar refractivity (Wildman–Crippen MR) is 67.6 cm³/mol. The van der Waals surface area contributed by atoms with Crippen molar-refractivity contribution in [1.29, 1.82) is 0 Å². The van der Waals surface area contributed by atoms with Gasteiger partial charge in [-0.2, -0.15) is 0 Å². The number of carbonyl (C=O) groups is 1. The molecule has 2 heterocycles. The smallest absolute Gasteiger partial charge is 0.266 e. The second kappa shape index (κ2) is 5.76. The van der Waals surface area contributed by atoms with Crippen LogP contribution in [0.2, 0.25) is 0 Å². The van der Waals surface area contributed by atoms with E-state index < -0.39 is 0 Å². The topological polar surface area (TPSA) is 80.9 Å². The van der Waals surface area contributed by atoms with Gasteiger partial charge in [-0.05, 0) is 12.1 Å². The van der Waals surface area contributed by atoms with Crippen molar-refractivity contribution < 1.29 is 4.79 Å². The average molecular weight is 266 g/mol. The van der Waals surface area contributed by atoms with E-state index in [9.17, 15) is 4.79 Å². The molecule has 0 bridgehead atoms. The molecule has 0 saturated heterocycles. The summed E-state index contributed by atoms with van der Waals surface area (Å²) in [6.45, 7) is 0. The molecule has 0 aliphatic rings. The highest BCUT2D eigenvalue weighted by atomic mass is 32.2. The lowest BCUT2D eigenvalue weighted by Crippen LogP contribution is -2.30. The lowest BCUT2D eigenvalue weighted by molar-refractivity contribution is 0.0953. The number of amides is 1. The predicted octanol–water partition coefficient (Wildman–Crippen LogP) is 1.43. The molecular formula is C10H10N4OS2. The van der Waals surface area contributed by atoms with Crippen molar-refractivity contribution in [3.8, 4) is 0 Å². The third-order valence-electron chi connectivity index (χ3n) is 1.97. The summed E-state index contributed by atoms with van der Waals surface area (Å²) < 4.78 is 1.01. The zero-order valence-corrected chi connectivity index (χ0v) is 10.4. The number of hydrazine groups is 1. The molecule has 17 heavy (non-hydrogen) atoms. The molecule has 0 aromatic carbocycles. The van der Waals surface area contributed by atoms with Crippen LogP contribution < -0.4 is 11.3 Å². The van der Waals surface area contributed by atoms with E-state index >= 15 is 0 Å². The van der Waals surface area contributed by atoms with Crippen LogP contribution in [0.5, 0.6) is 0 Å². The van der Waals surface area contributed by atoms with Gasteiger partial charge < -0.3 is 0 Å². The van der Waals surface area contributed by atoms with Crippen LogP contribution in [0.4, 0.5) is 0 Å². The van der Waals surface area contributed by atoms with Gasteiger partial charge >= 0.3 is 0 Å². The van der Waals surface area contributed by atoms with Crippen LogP contribution in [0.1, 0.15) is 16.1 Å². The normalized spacial score (nSPS) is 10.2. The minimum atomic E-state index is -0.336. The van der Waals surface area contributed by atoms with E-state index in [1.54, 1.807) is 35.4 Å². The Morgan fingerprint density at radius 2 is 2.35 bits per heavy atom. The van der Waals surface area contributed by atoms with E-state index in [0.29, 0.717) is 5.56 Å². The molecule has 0 atom stereocenters. The summed E-state index contributed by atoms with van der Waals surface area (Å²) in [5, 5.41) is 1.93. The van der Waals surface area contributed by atoms with Crippen LogP contribution in [0.15, 0.2) is 34.2 Å². The molecule has 0 radical (unpaired) electrons. The summed E-state index contributed by atoms with van der Waals surface area (Å²) in [4.78, 5) is 19.5. The number of rotatable bonds is 4. The Morgan fingerprint density at radius 3 is 2.94 bits per heavy atom. The maximum atomic E-state index is 11.2. The standard InChI is InChI=1S/C10H10N4OS2/c11-14-9(15)7-1-2-8(13-5-7)6-17-10-12-3-4-16-10/h1-5H,6,11H2,(H,14,15). The number of thioether (sulfide) groups is 1. The van der Waals surface area contributed by atoms with Gasteiger partial charge in [0.2, 0.25) is 0 Å². The van der Waals surface area contributed by atoms with Crippen LogP contribution >= 0.6 is 23.1 Å². The van der Waals surface area contributed by atoms with Crippen LogP contribution in [0, 0.1) is 0 Å². The minimum Gasteiger partial charge on any atom is -0.290 e. The molecule has 0 spiro atoms. The van der Waals surface area contributed by atoms with Crippen molar-refractivity contribution in [2.45, 2.75) is 10.1 Å². The lowest BCUT2D eigenvalue weighted by atomic mass is 10.2. The summed E-state index contributed by atoms with van der Waals surface area (Å²) in [5.74, 6) is 5.42. The van der Waals surface area contributed by atoms with Gasteiger partial charge in [-0.3, -0.25) is 15.2 Å². The molecule has 0 fully saturated rings. The van der Waals surface area contributed by atoms with E-state index in [1.807, 2.05) is 11.4 Å². The Bertz CT molecular complexity index is 484. The molecule has 2 aromatic heterocycles. The molecule has 0 saturated carbocycles. The number of thiazole rings is 1. The number of pyridine rings is 1. The van der Waals surface area contributed by atoms with E-state index in [0.717, 1.165) is 15.8 Å². The Morgan fingerprint density at radius 1 is 1.47 bits per heavy atom. The van der Waals surface area contributed by atoms with Crippen molar-refractivity contribution in [2.24, 2.45) is 5.84 Å². The summed E-state index contributed by atoms with van der Waals surface area (Å²) in [6, 6.07) is 3.51. The third kappa shape index (κ3) is 3.26. The number of aromatic nitrogens is 2. The summed E-state index contributed by atoms with van der Waals surface area (Å²) in [6.07, 6.45) is 3.29. The summed E-state index contributed by atoms with van der Waals surface area (Å²) in [5.41, 5.74) is 3.42. The van der Waals surface area contributed by atoms with Crippen molar-refractivity contribution >= 4 is 29.0 Å². The van der Waals surface area contributed by atoms with E-state index in [-0.39, 0.29) is 5.91 Å². The summed E-state index contributed by atoms with van der Waals surface area (Å²) in [7, 11) is 0. The lowest BCUT2D eigenvalue weighted by Gasteiger charge is -2.01. The Kier molecular flexibility index (Phi) is 4.08. The van der Waals surface area contributed by atoms with Crippen LogP contribution in [-0.4, -0.2) is 15.9 Å². The first kappa shape index (κ1) is 12.0. The fraction of sp³-hybridized carbons (Fsp3) is 0.100. The van der Waals surface area contributed by atoms with Crippen molar-refractivity contribution in [3.63, 3.8) is 0 Å². The molecule has 0 aliphatic heterocycles. The third-order valence-corrected chi connectivity index (χ3v) is 3.97. The van der Waals surface area contributed by atoms with E-state index in [1.165, 1.54) is 6.20 Å². The number of nitrogens with zero attached hydrogens (tertiary/aromatic N) is 2. The molecule has 5 nitrogen and oxygen atoms in total. The van der Waals surface area contributed by atoms with Gasteiger partial charge in [-0.1, -0.05) is 11.8 Å². The molecule has 0 unspecified atom stereocenters. The van der Waals surface area contributed by atoms with Gasteiger partial charge in [0.25, 0.3) is 5.91 Å². The fourth-order valence-corrected chi connectivity index (χ4v) is 2.70. The van der Waals surface area contributed by atoms with Gasteiger partial charge in [-0.15, -0.1) is 11.3 Å². The molecule has 7 heteroatoms. The van der Waals surface area contributed by atoms with Crippen LogP contribution in [0.3, 0.4) is 0 Å². The number of nitrogen functional groups attached to an aromatic ring is 1. The molecule has 3 N–H and O–H groups in total. The minimum absolute atomic E-state index is 0.336. The second-order valence-electron chi connectivity index (χ2n) is 3.10. The number of carbonyl (C=O) groups excluding carboxylic acids is 1. The van der Waals surface area contributed by atoms with Gasteiger partial charge in [0.05, 0.1) is 11.3 Å². The first-order chi connectivity index (χ1) is 8.29. The largest absolute Gasteiger partial charge is 0.290 e. The van der Waals surface area contributed by atoms with E-state index in [4.69, 9.17) is 5.84 Å². The molecule has 2 aromatic rings. The number of hydrogen-bond acceptors (Lipinski definition) is 6. The highest BCUT2D eigenvalue weighted by Gasteiger charge is 2.04. The van der Waals surface area contributed by atoms with Gasteiger partial charge in [0, 0.05) is 23.5 Å². The Labute approximate surface area is 106 Å². The maximum Gasteiger partial charge on any atom is 0.266 e. The summed E-state index contributed by atoms with van der Waals surface area (Å²) >= 11 is 3.22. The highest BCUT2D eigenvalue weighted by molar-refractivity contribution is 8.00. The van der Waals surface area contributed by atoms with Crippen molar-refractivity contribution in [2.75, 3.05) is 0 Å². The Balaban J connectivity index is 1.96. The Hall–Kier alpha value is -1.44. The molecule has 88 valence electrons. The SMILES string of the molecule is NNC(=O)c1ccc(CSc2nccs2)nc1. The molecule has 0 aliphatic carbocycles. The first-order valence-electron chi connectivity index (χ1n) is 4.78. The number of hydrogen-bond donors (Lipinski definition) is 2. The van der Waals surface area contributed by atoms with Gasteiger partial charge in [0.15, 0.2) is 0 Å². The molecule has 2 rings (SSSR count).